The minimum Gasteiger partial charge on any atom is -0.351 e. The van der Waals surface area contributed by atoms with Gasteiger partial charge in [0.25, 0.3) is 0 Å². The number of H-pyrrole nitrogens is 1. The molecule has 0 saturated heterocycles. The minimum absolute atomic E-state index is 0.253. The van der Waals surface area contributed by atoms with Gasteiger partial charge in [0.1, 0.15) is 5.82 Å². The lowest BCUT2D eigenvalue weighted by molar-refractivity contribution is 0.112. The largest absolute Gasteiger partial charge is 0.351 e. The van der Waals surface area contributed by atoms with Gasteiger partial charge in [-0.15, -0.1) is 0 Å². The Kier molecular flexibility index (Phi) is 1.68. The summed E-state index contributed by atoms with van der Waals surface area (Å²) in [7, 11) is 1.79. The molecule has 0 spiro atoms. The highest BCUT2D eigenvalue weighted by Gasteiger charge is 2.13. The van der Waals surface area contributed by atoms with E-state index >= 15 is 0 Å². The number of carbonyl (C=O) groups is 1. The summed E-state index contributed by atoms with van der Waals surface area (Å²) in [6.07, 6.45) is 0.755. The molecule has 2 aromatic heterocycles. The number of benzene rings is 1. The van der Waals surface area contributed by atoms with Gasteiger partial charge in [0.05, 0.1) is 22.2 Å². The number of aromatic nitrogens is 2. The number of halogens is 1. The first-order valence-corrected chi connectivity index (χ1v) is 4.93. The second-order valence-corrected chi connectivity index (χ2v) is 3.80. The number of hydrogen-bond acceptors (Lipinski definition) is 1. The summed E-state index contributed by atoms with van der Waals surface area (Å²) in [6, 6.07) is 6.66. The Hall–Kier alpha value is -2.10. The average Bonchev–Trinajstić information content (AvgIpc) is 2.80. The normalized spacial score (nSPS) is 11.4. The van der Waals surface area contributed by atoms with Gasteiger partial charge in [-0.3, -0.25) is 4.79 Å². The van der Waals surface area contributed by atoms with Gasteiger partial charge in [-0.2, -0.15) is 0 Å². The van der Waals surface area contributed by atoms with Gasteiger partial charge >= 0.3 is 0 Å². The Labute approximate surface area is 90.5 Å². The molecule has 0 bridgehead atoms. The average molecular weight is 216 g/mol. The molecule has 0 aliphatic heterocycles. The maximum absolute atomic E-state index is 13.6. The molecule has 0 aliphatic carbocycles. The predicted octanol–water partition coefficient (Wildman–Crippen LogP) is 2.61. The van der Waals surface area contributed by atoms with Crippen molar-refractivity contribution in [2.75, 3.05) is 0 Å². The number of rotatable bonds is 1. The lowest BCUT2D eigenvalue weighted by atomic mass is 10.2. The highest BCUT2D eigenvalue weighted by Crippen LogP contribution is 2.29. The van der Waals surface area contributed by atoms with E-state index in [2.05, 4.69) is 4.98 Å². The van der Waals surface area contributed by atoms with E-state index in [4.69, 9.17) is 0 Å². The van der Waals surface area contributed by atoms with Crippen molar-refractivity contribution in [1.29, 1.82) is 0 Å². The maximum Gasteiger partial charge on any atom is 0.166 e. The molecular weight excluding hydrogens is 207 g/mol. The lowest BCUT2D eigenvalue weighted by Crippen LogP contribution is -1.89. The first-order chi connectivity index (χ1) is 7.72. The zero-order chi connectivity index (χ0) is 11.3. The zero-order valence-electron chi connectivity index (χ0n) is 8.62. The van der Waals surface area contributed by atoms with Crippen molar-refractivity contribution >= 4 is 28.2 Å². The summed E-state index contributed by atoms with van der Waals surface area (Å²) >= 11 is 0. The number of nitrogens with one attached hydrogen (secondary N) is 1. The number of nitrogens with zero attached hydrogens (tertiary/aromatic N) is 1. The van der Waals surface area contributed by atoms with E-state index in [1.165, 1.54) is 6.07 Å². The van der Waals surface area contributed by atoms with Crippen molar-refractivity contribution in [2.45, 2.75) is 0 Å². The number of aryl methyl sites for hydroxylation is 1. The van der Waals surface area contributed by atoms with Gasteiger partial charge in [0.2, 0.25) is 0 Å². The Morgan fingerprint density at radius 3 is 3.00 bits per heavy atom. The predicted molar refractivity (Wildman–Crippen MR) is 60.1 cm³/mol. The van der Waals surface area contributed by atoms with Crippen LogP contribution in [0.4, 0.5) is 4.39 Å². The molecule has 0 atom stereocenters. The lowest BCUT2D eigenvalue weighted by Gasteiger charge is -1.97. The van der Waals surface area contributed by atoms with Crippen LogP contribution in [0.5, 0.6) is 0 Å². The number of carbonyl (C=O) groups excluding carboxylic acids is 1. The molecule has 0 radical (unpaired) electrons. The molecule has 1 N–H and O–H groups in total. The summed E-state index contributed by atoms with van der Waals surface area (Å²) < 4.78 is 15.4. The molecular formula is C12H9FN2O. The molecule has 4 heteroatoms. The van der Waals surface area contributed by atoms with Gasteiger partial charge in [-0.1, -0.05) is 12.1 Å². The van der Waals surface area contributed by atoms with Gasteiger partial charge in [-0.25, -0.2) is 4.39 Å². The fraction of sp³-hybridized carbons (Fsp3) is 0.0833. The Balaban J connectivity index is 2.58. The summed E-state index contributed by atoms with van der Waals surface area (Å²) in [4.78, 5) is 13.7. The number of para-hydroxylation sites is 1. The van der Waals surface area contributed by atoms with Crippen LogP contribution in [0.2, 0.25) is 0 Å². The van der Waals surface area contributed by atoms with E-state index < -0.39 is 0 Å². The Bertz CT molecular complexity index is 709. The zero-order valence-corrected chi connectivity index (χ0v) is 8.62. The summed E-state index contributed by atoms with van der Waals surface area (Å²) in [5.74, 6) is -0.253. The van der Waals surface area contributed by atoms with Crippen LogP contribution in [0.15, 0.2) is 24.3 Å². The molecule has 2 heterocycles. The summed E-state index contributed by atoms with van der Waals surface area (Å²) in [6.45, 7) is 0. The number of aldehydes is 1. The van der Waals surface area contributed by atoms with Crippen molar-refractivity contribution in [3.63, 3.8) is 0 Å². The first kappa shape index (κ1) is 9.15. The molecule has 0 saturated carbocycles. The third-order valence-corrected chi connectivity index (χ3v) is 2.90. The van der Waals surface area contributed by atoms with Gasteiger partial charge in [0, 0.05) is 12.4 Å². The van der Waals surface area contributed by atoms with E-state index in [1.54, 1.807) is 23.7 Å². The van der Waals surface area contributed by atoms with E-state index in [9.17, 15) is 9.18 Å². The molecule has 0 unspecified atom stereocenters. The number of hydrogen-bond donors (Lipinski definition) is 1. The van der Waals surface area contributed by atoms with Crippen molar-refractivity contribution in [3.05, 3.63) is 35.8 Å². The third-order valence-electron chi connectivity index (χ3n) is 2.90. The quantitative estimate of drug-likeness (QED) is 0.624. The van der Waals surface area contributed by atoms with Crippen LogP contribution < -0.4 is 0 Å². The number of aromatic amines is 1. The van der Waals surface area contributed by atoms with Crippen molar-refractivity contribution in [2.24, 2.45) is 7.05 Å². The third kappa shape index (κ3) is 0.984. The molecule has 0 fully saturated rings. The molecule has 3 nitrogen and oxygen atoms in total. The van der Waals surface area contributed by atoms with E-state index in [-0.39, 0.29) is 5.82 Å². The van der Waals surface area contributed by atoms with Crippen LogP contribution in [0.3, 0.4) is 0 Å². The number of fused-ring (bicyclic) bond motifs is 3. The van der Waals surface area contributed by atoms with Gasteiger partial charge < -0.3 is 9.55 Å². The van der Waals surface area contributed by atoms with Crippen LogP contribution in [0.1, 0.15) is 10.5 Å². The van der Waals surface area contributed by atoms with Gasteiger partial charge in [-0.05, 0) is 12.1 Å². The second kappa shape index (κ2) is 2.95. The van der Waals surface area contributed by atoms with E-state index in [0.717, 1.165) is 22.7 Å². The van der Waals surface area contributed by atoms with Gasteiger partial charge in [0.15, 0.2) is 6.29 Å². The highest BCUT2D eigenvalue weighted by atomic mass is 19.1. The first-order valence-electron chi connectivity index (χ1n) is 4.93. The Morgan fingerprint density at radius 1 is 1.44 bits per heavy atom. The van der Waals surface area contributed by atoms with Crippen LogP contribution in [-0.2, 0) is 7.05 Å². The maximum atomic E-state index is 13.6. The molecule has 80 valence electrons. The molecule has 1 aromatic carbocycles. The smallest absolute Gasteiger partial charge is 0.166 e. The van der Waals surface area contributed by atoms with Crippen molar-refractivity contribution in [1.82, 2.24) is 9.55 Å². The van der Waals surface area contributed by atoms with Crippen LogP contribution in [-0.4, -0.2) is 15.8 Å². The molecule has 3 rings (SSSR count). The van der Waals surface area contributed by atoms with Crippen molar-refractivity contribution in [3.8, 4) is 0 Å². The fourth-order valence-electron chi connectivity index (χ4n) is 2.18. The standard InChI is InChI=1S/C12H9FN2O/c1-15-10-5-7(6-16)14-11(10)8-3-2-4-9(13)12(8)15/h2-6,14H,1H3. The Morgan fingerprint density at radius 2 is 2.25 bits per heavy atom. The van der Waals surface area contributed by atoms with Crippen LogP contribution >= 0.6 is 0 Å². The molecule has 0 aliphatic rings. The fourth-order valence-corrected chi connectivity index (χ4v) is 2.18. The monoisotopic (exact) mass is 216 g/mol. The van der Waals surface area contributed by atoms with Crippen molar-refractivity contribution < 1.29 is 9.18 Å². The molecule has 16 heavy (non-hydrogen) atoms. The molecule has 3 aromatic rings. The summed E-state index contributed by atoms with van der Waals surface area (Å²) in [5.41, 5.74) is 2.70. The van der Waals surface area contributed by atoms with E-state index in [1.807, 2.05) is 6.07 Å². The topological polar surface area (TPSA) is 37.8 Å². The minimum atomic E-state index is -0.253. The summed E-state index contributed by atoms with van der Waals surface area (Å²) in [5, 5.41) is 0.797. The van der Waals surface area contributed by atoms with Crippen LogP contribution in [0.25, 0.3) is 21.9 Å². The highest BCUT2D eigenvalue weighted by molar-refractivity contribution is 6.07. The second-order valence-electron chi connectivity index (χ2n) is 3.80. The molecule has 0 amide bonds. The van der Waals surface area contributed by atoms with E-state index in [0.29, 0.717) is 11.2 Å². The SMILES string of the molecule is Cn1c2cc(C=O)[nH]c2c2cccc(F)c21. The van der Waals surface area contributed by atoms with Crippen LogP contribution in [0, 0.1) is 5.82 Å².